The van der Waals surface area contributed by atoms with Gasteiger partial charge in [-0.3, -0.25) is 9.89 Å². The van der Waals surface area contributed by atoms with Crippen molar-refractivity contribution >= 4 is 11.9 Å². The second kappa shape index (κ2) is 7.09. The van der Waals surface area contributed by atoms with Crippen LogP contribution in [0, 0.1) is 11.6 Å². The molecule has 25 heavy (non-hydrogen) atoms. The zero-order valence-electron chi connectivity index (χ0n) is 13.3. The summed E-state index contributed by atoms with van der Waals surface area (Å²) in [6.07, 6.45) is 2.81. The molecule has 3 rings (SSSR count). The number of hydrogen-bond acceptors (Lipinski definition) is 3. The maximum atomic E-state index is 13.2. The lowest BCUT2D eigenvalue weighted by molar-refractivity contribution is 0.104. The van der Waals surface area contributed by atoms with Crippen LogP contribution in [0.15, 0.2) is 54.6 Å². The highest BCUT2D eigenvalue weighted by Gasteiger charge is 2.08. The molecule has 0 bridgehead atoms. The third kappa shape index (κ3) is 3.80. The molecule has 0 radical (unpaired) electrons. The molecule has 0 unspecified atom stereocenters. The number of carbonyl (C=O) groups excluding carboxylic acids is 1. The van der Waals surface area contributed by atoms with Crippen LogP contribution in [0.2, 0.25) is 0 Å². The first-order valence-corrected chi connectivity index (χ1v) is 7.44. The van der Waals surface area contributed by atoms with Gasteiger partial charge < -0.3 is 4.74 Å². The normalized spacial score (nSPS) is 11.0. The third-order valence-corrected chi connectivity index (χ3v) is 3.60. The monoisotopic (exact) mass is 340 g/mol. The first kappa shape index (κ1) is 16.6. The van der Waals surface area contributed by atoms with E-state index in [9.17, 15) is 13.6 Å². The number of ketones is 1. The smallest absolute Gasteiger partial charge is 0.186 e. The molecule has 4 nitrogen and oxygen atoms in total. The Hall–Kier alpha value is -3.28. The minimum absolute atomic E-state index is 0.0741. The number of ether oxygens (including phenoxy) is 1. The lowest BCUT2D eigenvalue weighted by Gasteiger charge is -1.99. The molecular weight excluding hydrogens is 326 g/mol. The number of aromatic amines is 1. The Balaban J connectivity index is 1.74. The molecule has 0 aliphatic heterocycles. The number of allylic oxidation sites excluding steroid dienone is 1. The Kier molecular flexibility index (Phi) is 4.70. The molecule has 2 aromatic carbocycles. The molecule has 0 saturated heterocycles. The minimum atomic E-state index is -1.05. The minimum Gasteiger partial charge on any atom is -0.497 e. The average Bonchev–Trinajstić information content (AvgIpc) is 3.11. The molecule has 0 fully saturated rings. The number of nitrogens with zero attached hydrogens (tertiary/aromatic N) is 1. The van der Waals surface area contributed by atoms with Crippen molar-refractivity contribution in [1.82, 2.24) is 10.2 Å². The topological polar surface area (TPSA) is 55.0 Å². The van der Waals surface area contributed by atoms with Crippen LogP contribution in [-0.4, -0.2) is 23.1 Å². The maximum absolute atomic E-state index is 13.2. The number of halogens is 2. The van der Waals surface area contributed by atoms with E-state index in [0.29, 0.717) is 11.4 Å². The van der Waals surface area contributed by atoms with Crippen molar-refractivity contribution in [3.63, 3.8) is 0 Å². The van der Waals surface area contributed by atoms with Gasteiger partial charge in [-0.2, -0.15) is 5.10 Å². The molecule has 0 aliphatic carbocycles. The Bertz CT molecular complexity index is 931. The Morgan fingerprint density at radius 3 is 2.52 bits per heavy atom. The van der Waals surface area contributed by atoms with E-state index in [-0.39, 0.29) is 5.56 Å². The Morgan fingerprint density at radius 1 is 1.08 bits per heavy atom. The van der Waals surface area contributed by atoms with Gasteiger partial charge in [-0.05, 0) is 60.7 Å². The van der Waals surface area contributed by atoms with E-state index in [2.05, 4.69) is 10.2 Å². The van der Waals surface area contributed by atoms with E-state index in [1.54, 1.807) is 13.2 Å². The van der Waals surface area contributed by atoms with Gasteiger partial charge in [0, 0.05) is 11.1 Å². The molecule has 0 aliphatic rings. The number of hydrogen-bond donors (Lipinski definition) is 1. The fourth-order valence-electron chi connectivity index (χ4n) is 2.24. The second-order valence-electron chi connectivity index (χ2n) is 5.26. The van der Waals surface area contributed by atoms with Crippen LogP contribution in [0.1, 0.15) is 16.1 Å². The standard InChI is InChI=1S/C19H14F2N2O2/c1-25-15-6-2-12(3-7-15)18-11-14(22-23-18)5-9-19(24)13-4-8-16(20)17(21)10-13/h2-11H,1H3,(H,22,23). The van der Waals surface area contributed by atoms with Crippen molar-refractivity contribution in [1.29, 1.82) is 0 Å². The van der Waals surface area contributed by atoms with Crippen LogP contribution < -0.4 is 4.74 Å². The first-order chi connectivity index (χ1) is 12.1. The third-order valence-electron chi connectivity index (χ3n) is 3.60. The molecule has 1 N–H and O–H groups in total. The zero-order chi connectivity index (χ0) is 17.8. The van der Waals surface area contributed by atoms with Gasteiger partial charge in [0.15, 0.2) is 17.4 Å². The number of methoxy groups -OCH3 is 1. The molecule has 0 atom stereocenters. The SMILES string of the molecule is COc1ccc(-c2cc(C=CC(=O)c3ccc(F)c(F)c3)[nH]n2)cc1. The predicted octanol–water partition coefficient (Wildman–Crippen LogP) is 4.26. The molecule has 6 heteroatoms. The van der Waals surface area contributed by atoms with Crippen LogP contribution in [0.5, 0.6) is 5.75 Å². The molecule has 3 aromatic rings. The average molecular weight is 340 g/mol. The molecular formula is C19H14F2N2O2. The van der Waals surface area contributed by atoms with E-state index >= 15 is 0 Å². The van der Waals surface area contributed by atoms with E-state index in [0.717, 1.165) is 23.4 Å². The fourth-order valence-corrected chi connectivity index (χ4v) is 2.24. The lowest BCUT2D eigenvalue weighted by Crippen LogP contribution is -1.96. The number of H-pyrrole nitrogens is 1. The Morgan fingerprint density at radius 2 is 1.84 bits per heavy atom. The summed E-state index contributed by atoms with van der Waals surface area (Å²) in [5.41, 5.74) is 2.29. The zero-order valence-corrected chi connectivity index (χ0v) is 13.3. The quantitative estimate of drug-likeness (QED) is 0.558. The van der Waals surface area contributed by atoms with Crippen LogP contribution in [0.3, 0.4) is 0 Å². The number of nitrogens with one attached hydrogen (secondary N) is 1. The molecule has 126 valence electrons. The van der Waals surface area contributed by atoms with Gasteiger partial charge in [0.05, 0.1) is 18.5 Å². The molecule has 1 heterocycles. The first-order valence-electron chi connectivity index (χ1n) is 7.44. The highest BCUT2D eigenvalue weighted by atomic mass is 19.2. The van der Waals surface area contributed by atoms with E-state index in [4.69, 9.17) is 4.74 Å². The summed E-state index contributed by atoms with van der Waals surface area (Å²) in [6, 6.07) is 12.2. The van der Waals surface area contributed by atoms with Gasteiger partial charge in [-0.15, -0.1) is 0 Å². The van der Waals surface area contributed by atoms with Gasteiger partial charge in [0.2, 0.25) is 0 Å². The number of carbonyl (C=O) groups is 1. The summed E-state index contributed by atoms with van der Waals surface area (Å²) < 4.78 is 31.2. The molecule has 1 aromatic heterocycles. The maximum Gasteiger partial charge on any atom is 0.186 e. The van der Waals surface area contributed by atoms with E-state index < -0.39 is 17.4 Å². The predicted molar refractivity (Wildman–Crippen MR) is 90.3 cm³/mol. The van der Waals surface area contributed by atoms with E-state index in [1.807, 2.05) is 24.3 Å². The van der Waals surface area contributed by atoms with Crippen molar-refractivity contribution in [2.45, 2.75) is 0 Å². The van der Waals surface area contributed by atoms with Crippen LogP contribution in [0.25, 0.3) is 17.3 Å². The second-order valence-corrected chi connectivity index (χ2v) is 5.26. The van der Waals surface area contributed by atoms with Crippen molar-refractivity contribution in [3.8, 4) is 17.0 Å². The van der Waals surface area contributed by atoms with Crippen LogP contribution in [0.4, 0.5) is 8.78 Å². The largest absolute Gasteiger partial charge is 0.497 e. The summed E-state index contributed by atoms with van der Waals surface area (Å²) in [7, 11) is 1.59. The summed E-state index contributed by atoms with van der Waals surface area (Å²) in [6.45, 7) is 0. The lowest BCUT2D eigenvalue weighted by atomic mass is 10.1. The highest BCUT2D eigenvalue weighted by molar-refractivity contribution is 6.06. The van der Waals surface area contributed by atoms with Crippen molar-refractivity contribution in [2.75, 3.05) is 7.11 Å². The summed E-state index contributed by atoms with van der Waals surface area (Å²) in [4.78, 5) is 12.0. The van der Waals surface area contributed by atoms with Crippen molar-refractivity contribution in [2.24, 2.45) is 0 Å². The number of rotatable bonds is 5. The number of benzene rings is 2. The molecule has 0 amide bonds. The van der Waals surface area contributed by atoms with Crippen LogP contribution >= 0.6 is 0 Å². The van der Waals surface area contributed by atoms with Gasteiger partial charge in [-0.25, -0.2) is 8.78 Å². The van der Waals surface area contributed by atoms with Crippen LogP contribution in [-0.2, 0) is 0 Å². The van der Waals surface area contributed by atoms with Gasteiger partial charge in [0.1, 0.15) is 5.75 Å². The van der Waals surface area contributed by atoms with Gasteiger partial charge in [-0.1, -0.05) is 0 Å². The number of aromatic nitrogens is 2. The summed E-state index contributed by atoms with van der Waals surface area (Å²) >= 11 is 0. The summed E-state index contributed by atoms with van der Waals surface area (Å²) in [5.74, 6) is -1.73. The molecule has 0 spiro atoms. The Labute approximate surface area is 142 Å². The highest BCUT2D eigenvalue weighted by Crippen LogP contribution is 2.21. The van der Waals surface area contributed by atoms with Crippen molar-refractivity contribution in [3.05, 3.63) is 77.5 Å². The summed E-state index contributed by atoms with van der Waals surface area (Å²) in [5, 5.41) is 6.99. The van der Waals surface area contributed by atoms with Crippen molar-refractivity contribution < 1.29 is 18.3 Å². The fraction of sp³-hybridized carbons (Fsp3) is 0.0526. The molecule has 0 saturated carbocycles. The van der Waals surface area contributed by atoms with Gasteiger partial charge in [0.25, 0.3) is 0 Å². The van der Waals surface area contributed by atoms with E-state index in [1.165, 1.54) is 18.2 Å². The van der Waals surface area contributed by atoms with Gasteiger partial charge >= 0.3 is 0 Å².